The van der Waals surface area contributed by atoms with Gasteiger partial charge in [-0.3, -0.25) is 4.79 Å². The van der Waals surface area contributed by atoms with Gasteiger partial charge in [0, 0.05) is 11.8 Å². The third-order valence-corrected chi connectivity index (χ3v) is 6.57. The Kier molecular flexibility index (Phi) is 10.3. The molecule has 0 radical (unpaired) electrons. The molecule has 0 N–H and O–H groups in total. The number of rotatable bonds is 13. The van der Waals surface area contributed by atoms with Crippen LogP contribution in [0.4, 0.5) is 4.39 Å². The number of methoxy groups -OCH3 is 1. The quantitative estimate of drug-likeness (QED) is 0.104. The monoisotopic (exact) mass is 557 g/mol. The second-order valence-electron chi connectivity index (χ2n) is 10.4. The van der Waals surface area contributed by atoms with Gasteiger partial charge in [-0.2, -0.15) is 5.10 Å². The van der Waals surface area contributed by atoms with Crippen LogP contribution in [0, 0.1) is 17.7 Å². The molecule has 3 aromatic carbocycles. The summed E-state index contributed by atoms with van der Waals surface area (Å²) in [4.78, 5) is 17.9. The number of aromatic nitrogens is 2. The zero-order chi connectivity index (χ0) is 29.2. The summed E-state index contributed by atoms with van der Waals surface area (Å²) < 4.78 is 26.2. The third-order valence-electron chi connectivity index (χ3n) is 6.57. The van der Waals surface area contributed by atoms with E-state index in [2.05, 4.69) is 48.4 Å². The van der Waals surface area contributed by atoms with Crippen molar-refractivity contribution in [1.82, 2.24) is 9.78 Å². The molecule has 0 spiro atoms. The van der Waals surface area contributed by atoms with Crippen LogP contribution in [0.1, 0.15) is 43.0 Å². The normalized spacial score (nSPS) is 12.3. The molecule has 214 valence electrons. The van der Waals surface area contributed by atoms with Gasteiger partial charge in [0.05, 0.1) is 24.7 Å². The van der Waals surface area contributed by atoms with E-state index in [0.29, 0.717) is 36.0 Å². The van der Waals surface area contributed by atoms with Crippen LogP contribution >= 0.6 is 0 Å². The molecular formula is C33H36FN3O4. The Morgan fingerprint density at radius 1 is 0.927 bits per heavy atom. The average Bonchev–Trinajstić information content (AvgIpc) is 3.44. The molecule has 0 amide bonds. The second kappa shape index (κ2) is 14.3. The molecular weight excluding hydrogens is 521 g/mol. The van der Waals surface area contributed by atoms with Gasteiger partial charge in [0.1, 0.15) is 30.7 Å². The Balaban J connectivity index is 1.31. The van der Waals surface area contributed by atoms with Crippen molar-refractivity contribution in [1.29, 1.82) is 0 Å². The molecule has 1 atom stereocenters. The standard InChI is InChI=1S/C33H36FN3O4/c1-23(2)16-25-8-12-30(13-9-25)37-20-28(19-35-37)21-40-31-14-10-26(11-15-31)18-32(33(38)39-4)24(3)36-41-22-27-6-5-7-29(34)17-27/h5-15,17,19-20,23,32H,16,18,21-22H2,1-4H3/b36-24+. The minimum Gasteiger partial charge on any atom is -0.489 e. The average molecular weight is 558 g/mol. The first-order valence-corrected chi connectivity index (χ1v) is 13.6. The first-order valence-electron chi connectivity index (χ1n) is 13.6. The van der Waals surface area contributed by atoms with E-state index in [-0.39, 0.29) is 12.4 Å². The molecule has 0 aliphatic heterocycles. The highest BCUT2D eigenvalue weighted by molar-refractivity contribution is 6.00. The molecule has 4 rings (SSSR count). The van der Waals surface area contributed by atoms with Crippen LogP contribution in [0.2, 0.25) is 0 Å². The van der Waals surface area contributed by atoms with Gasteiger partial charge in [-0.15, -0.1) is 0 Å². The Morgan fingerprint density at radius 3 is 2.32 bits per heavy atom. The van der Waals surface area contributed by atoms with Crippen LogP contribution in [0.15, 0.2) is 90.3 Å². The largest absolute Gasteiger partial charge is 0.489 e. The summed E-state index contributed by atoms with van der Waals surface area (Å²) >= 11 is 0. The van der Waals surface area contributed by atoms with E-state index in [4.69, 9.17) is 14.3 Å². The lowest BCUT2D eigenvalue weighted by atomic mass is 9.95. The Morgan fingerprint density at radius 2 is 1.63 bits per heavy atom. The number of nitrogens with zero attached hydrogens (tertiary/aromatic N) is 3. The topological polar surface area (TPSA) is 74.9 Å². The second-order valence-corrected chi connectivity index (χ2v) is 10.4. The van der Waals surface area contributed by atoms with Gasteiger partial charge in [-0.25, -0.2) is 9.07 Å². The minimum absolute atomic E-state index is 0.0957. The lowest BCUT2D eigenvalue weighted by Gasteiger charge is -2.15. The van der Waals surface area contributed by atoms with Crippen molar-refractivity contribution in [3.8, 4) is 11.4 Å². The van der Waals surface area contributed by atoms with E-state index in [9.17, 15) is 9.18 Å². The number of ether oxygens (including phenoxy) is 2. The van der Waals surface area contributed by atoms with Crippen molar-refractivity contribution < 1.29 is 23.5 Å². The smallest absolute Gasteiger partial charge is 0.314 e. The molecule has 1 unspecified atom stereocenters. The maximum Gasteiger partial charge on any atom is 0.314 e. The predicted molar refractivity (Wildman–Crippen MR) is 156 cm³/mol. The van der Waals surface area contributed by atoms with E-state index >= 15 is 0 Å². The summed E-state index contributed by atoms with van der Waals surface area (Å²) in [6.07, 6.45) is 5.20. The summed E-state index contributed by atoms with van der Waals surface area (Å²) in [6.45, 7) is 6.62. The van der Waals surface area contributed by atoms with Crippen molar-refractivity contribution in [3.05, 3.63) is 113 Å². The number of carbonyl (C=O) groups excluding carboxylic acids is 1. The molecule has 7 nitrogen and oxygen atoms in total. The van der Waals surface area contributed by atoms with Crippen LogP contribution in [-0.4, -0.2) is 28.6 Å². The van der Waals surface area contributed by atoms with Crippen molar-refractivity contribution in [2.75, 3.05) is 7.11 Å². The molecule has 1 heterocycles. The molecule has 0 bridgehead atoms. The van der Waals surface area contributed by atoms with E-state index in [1.54, 1.807) is 25.3 Å². The number of carbonyl (C=O) groups is 1. The molecule has 8 heteroatoms. The number of hydrogen-bond acceptors (Lipinski definition) is 6. The number of hydrogen-bond donors (Lipinski definition) is 0. The highest BCUT2D eigenvalue weighted by atomic mass is 19.1. The predicted octanol–water partition coefficient (Wildman–Crippen LogP) is 6.71. The highest BCUT2D eigenvalue weighted by Gasteiger charge is 2.24. The first kappa shape index (κ1) is 29.5. The van der Waals surface area contributed by atoms with Crippen LogP contribution in [0.3, 0.4) is 0 Å². The fourth-order valence-electron chi connectivity index (χ4n) is 4.40. The summed E-state index contributed by atoms with van der Waals surface area (Å²) in [6, 6.07) is 22.1. The maximum absolute atomic E-state index is 13.4. The lowest BCUT2D eigenvalue weighted by Crippen LogP contribution is -2.26. The Labute approximate surface area is 240 Å². The van der Waals surface area contributed by atoms with Gasteiger partial charge in [-0.05, 0) is 78.8 Å². The van der Waals surface area contributed by atoms with Gasteiger partial charge < -0.3 is 14.3 Å². The van der Waals surface area contributed by atoms with Crippen LogP contribution in [0.5, 0.6) is 5.75 Å². The molecule has 4 aromatic rings. The van der Waals surface area contributed by atoms with Crippen molar-refractivity contribution >= 4 is 11.7 Å². The zero-order valence-electron chi connectivity index (χ0n) is 23.9. The Hall–Kier alpha value is -4.46. The minimum atomic E-state index is -0.621. The molecule has 0 saturated heterocycles. The fourth-order valence-corrected chi connectivity index (χ4v) is 4.40. The Bertz CT molecular complexity index is 1450. The number of oxime groups is 1. The lowest BCUT2D eigenvalue weighted by molar-refractivity contribution is -0.143. The number of halogens is 1. The van der Waals surface area contributed by atoms with Gasteiger partial charge in [0.2, 0.25) is 0 Å². The van der Waals surface area contributed by atoms with Crippen molar-refractivity contribution in [3.63, 3.8) is 0 Å². The maximum atomic E-state index is 13.4. The molecule has 0 aliphatic rings. The third kappa shape index (κ3) is 8.76. The van der Waals surface area contributed by atoms with Gasteiger partial charge in [0.15, 0.2) is 0 Å². The fraction of sp³-hybridized carbons (Fsp3) is 0.303. The van der Waals surface area contributed by atoms with Gasteiger partial charge in [0.25, 0.3) is 0 Å². The van der Waals surface area contributed by atoms with E-state index in [1.165, 1.54) is 24.8 Å². The van der Waals surface area contributed by atoms with E-state index in [0.717, 1.165) is 23.2 Å². The van der Waals surface area contributed by atoms with Crippen LogP contribution < -0.4 is 4.74 Å². The van der Waals surface area contributed by atoms with Crippen molar-refractivity contribution in [2.24, 2.45) is 17.0 Å². The molecule has 0 fully saturated rings. The number of benzene rings is 3. The summed E-state index contributed by atoms with van der Waals surface area (Å²) in [5.41, 5.74) is 5.32. The zero-order valence-corrected chi connectivity index (χ0v) is 23.9. The van der Waals surface area contributed by atoms with E-state index in [1.807, 2.05) is 35.1 Å². The molecule has 0 saturated carbocycles. The van der Waals surface area contributed by atoms with Crippen molar-refractivity contribution in [2.45, 2.75) is 46.8 Å². The van der Waals surface area contributed by atoms with Crippen LogP contribution in [0.25, 0.3) is 5.69 Å². The molecule has 0 aliphatic carbocycles. The first-order chi connectivity index (χ1) is 19.8. The van der Waals surface area contributed by atoms with Crippen LogP contribution in [-0.2, 0) is 40.4 Å². The summed E-state index contributed by atoms with van der Waals surface area (Å²) in [5.74, 6) is -0.0472. The highest BCUT2D eigenvalue weighted by Crippen LogP contribution is 2.19. The molecule has 1 aromatic heterocycles. The SMILES string of the molecule is COC(=O)C(Cc1ccc(OCc2cnn(-c3ccc(CC(C)C)cc3)c2)cc1)/C(C)=N/OCc1cccc(F)c1. The summed E-state index contributed by atoms with van der Waals surface area (Å²) in [7, 11) is 1.34. The molecule has 41 heavy (non-hydrogen) atoms. The van der Waals surface area contributed by atoms with Gasteiger partial charge >= 0.3 is 5.97 Å². The summed E-state index contributed by atoms with van der Waals surface area (Å²) in [5, 5.41) is 8.57. The van der Waals surface area contributed by atoms with Gasteiger partial charge in [-0.1, -0.05) is 55.4 Å². The number of esters is 1. The van der Waals surface area contributed by atoms with E-state index < -0.39 is 11.9 Å².